The third-order valence-corrected chi connectivity index (χ3v) is 10.9. The van der Waals surface area contributed by atoms with Crippen LogP contribution in [0.1, 0.15) is 91.4 Å². The fourth-order valence-corrected chi connectivity index (χ4v) is 9.18. The molecule has 5 nitrogen and oxygen atoms in total. The number of carboxylic acids is 1. The van der Waals surface area contributed by atoms with E-state index >= 15 is 0 Å². The lowest BCUT2D eigenvalue weighted by Crippen LogP contribution is -2.54. The molecule has 0 saturated heterocycles. The number of aliphatic carboxylic acids is 1. The molecule has 0 heterocycles. The summed E-state index contributed by atoms with van der Waals surface area (Å²) in [5.41, 5.74) is 0.809. The molecule has 0 aromatic carbocycles. The number of rotatable bonds is 7. The highest BCUT2D eigenvalue weighted by atomic mass is 16.5. The Morgan fingerprint density at radius 2 is 1.72 bits per heavy atom. The van der Waals surface area contributed by atoms with E-state index in [1.54, 1.807) is 0 Å². The smallest absolute Gasteiger partial charge is 0.329 e. The minimum atomic E-state index is -0.856. The average Bonchev–Trinajstić information content (AvgIpc) is 3.12. The Bertz CT molecular complexity index is 706. The van der Waals surface area contributed by atoms with Gasteiger partial charge in [0.05, 0.1) is 13.2 Å². The number of esters is 1. The lowest BCUT2D eigenvalue weighted by Gasteiger charge is -2.61. The molecule has 0 aromatic rings. The highest BCUT2D eigenvalue weighted by Gasteiger charge is 2.60. The first kappa shape index (κ1) is 24.0. The second-order valence-electron chi connectivity index (χ2n) is 12.1. The van der Waals surface area contributed by atoms with Gasteiger partial charge in [-0.25, -0.2) is 4.79 Å². The molecule has 0 amide bonds. The zero-order valence-corrected chi connectivity index (χ0v) is 20.6. The molecular weight excluding hydrogens is 404 g/mol. The summed E-state index contributed by atoms with van der Waals surface area (Å²) in [6, 6.07) is 0. The van der Waals surface area contributed by atoms with Crippen molar-refractivity contribution in [2.24, 2.45) is 46.3 Å². The van der Waals surface area contributed by atoms with E-state index < -0.39 is 5.97 Å². The molecule has 5 heteroatoms. The summed E-state index contributed by atoms with van der Waals surface area (Å²) in [7, 11) is 1.49. The molecule has 4 fully saturated rings. The summed E-state index contributed by atoms with van der Waals surface area (Å²) in [4.78, 5) is 22.6. The van der Waals surface area contributed by atoms with Crippen molar-refractivity contribution in [2.45, 2.75) is 97.5 Å². The van der Waals surface area contributed by atoms with Crippen LogP contribution in [0.15, 0.2) is 0 Å². The van der Waals surface area contributed by atoms with Crippen LogP contribution in [-0.2, 0) is 19.1 Å². The van der Waals surface area contributed by atoms with Crippen molar-refractivity contribution in [1.82, 2.24) is 0 Å². The van der Waals surface area contributed by atoms with Crippen molar-refractivity contribution in [3.05, 3.63) is 0 Å². The molecule has 182 valence electrons. The summed E-state index contributed by atoms with van der Waals surface area (Å²) in [5, 5.41) is 8.98. The van der Waals surface area contributed by atoms with Gasteiger partial charge < -0.3 is 14.6 Å². The second-order valence-corrected chi connectivity index (χ2v) is 12.1. The zero-order valence-electron chi connectivity index (χ0n) is 20.6. The first-order valence-corrected chi connectivity index (χ1v) is 13.1. The van der Waals surface area contributed by atoms with E-state index in [4.69, 9.17) is 14.6 Å². The van der Waals surface area contributed by atoms with Crippen LogP contribution in [-0.4, -0.2) is 36.9 Å². The Balaban J connectivity index is 1.42. The van der Waals surface area contributed by atoms with Gasteiger partial charge in [0.15, 0.2) is 0 Å². The molecule has 5 unspecified atom stereocenters. The minimum absolute atomic E-state index is 0.0746. The van der Waals surface area contributed by atoms with Gasteiger partial charge in [-0.3, -0.25) is 4.79 Å². The molecule has 32 heavy (non-hydrogen) atoms. The average molecular weight is 449 g/mol. The maximum atomic E-state index is 11.7. The van der Waals surface area contributed by atoms with Gasteiger partial charge in [0.1, 0.15) is 6.61 Å². The third kappa shape index (κ3) is 4.23. The van der Waals surface area contributed by atoms with Crippen molar-refractivity contribution in [1.29, 1.82) is 0 Å². The Hall–Kier alpha value is -1.10. The summed E-state index contributed by atoms with van der Waals surface area (Å²) in [6.07, 6.45) is 12.8. The summed E-state index contributed by atoms with van der Waals surface area (Å²) >= 11 is 0. The van der Waals surface area contributed by atoms with Gasteiger partial charge in [-0.2, -0.15) is 0 Å². The zero-order chi connectivity index (χ0) is 23.1. The number of fused-ring (bicyclic) bond motifs is 5. The van der Waals surface area contributed by atoms with Crippen LogP contribution in [0, 0.1) is 46.3 Å². The first-order chi connectivity index (χ1) is 15.2. The largest absolute Gasteiger partial charge is 0.480 e. The van der Waals surface area contributed by atoms with Crippen molar-refractivity contribution < 1.29 is 24.2 Å². The van der Waals surface area contributed by atoms with Gasteiger partial charge in [-0.05, 0) is 111 Å². The number of methoxy groups -OCH3 is 1. The Morgan fingerprint density at radius 1 is 1.00 bits per heavy atom. The van der Waals surface area contributed by atoms with E-state index in [1.807, 2.05) is 0 Å². The van der Waals surface area contributed by atoms with Crippen LogP contribution in [0.3, 0.4) is 0 Å². The highest BCUT2D eigenvalue weighted by molar-refractivity contribution is 5.69. The second kappa shape index (κ2) is 9.27. The maximum absolute atomic E-state index is 11.7. The van der Waals surface area contributed by atoms with Crippen LogP contribution >= 0.6 is 0 Å². The van der Waals surface area contributed by atoms with Gasteiger partial charge in [-0.1, -0.05) is 20.8 Å². The fourth-order valence-electron chi connectivity index (χ4n) is 9.18. The Morgan fingerprint density at radius 3 is 2.44 bits per heavy atom. The molecule has 1 N–H and O–H groups in total. The molecular formula is C27H44O5. The predicted molar refractivity (Wildman–Crippen MR) is 123 cm³/mol. The van der Waals surface area contributed by atoms with Crippen molar-refractivity contribution in [3.63, 3.8) is 0 Å². The number of carbonyl (C=O) groups excluding carboxylic acids is 1. The molecule has 0 aromatic heterocycles. The van der Waals surface area contributed by atoms with Crippen LogP contribution in [0.4, 0.5) is 0 Å². The lowest BCUT2D eigenvalue weighted by atomic mass is 9.44. The normalized spacial score (nSPS) is 44.1. The summed E-state index contributed by atoms with van der Waals surface area (Å²) in [6.45, 7) is 7.33. The third-order valence-electron chi connectivity index (χ3n) is 10.9. The highest BCUT2D eigenvalue weighted by Crippen LogP contribution is 2.68. The number of hydrogen-bond donors (Lipinski definition) is 1. The molecule has 0 aliphatic heterocycles. The summed E-state index contributed by atoms with van der Waals surface area (Å²) < 4.78 is 10.6. The number of ether oxygens (including phenoxy) is 2. The van der Waals surface area contributed by atoms with Crippen molar-refractivity contribution >= 4 is 11.9 Å². The molecule has 4 aliphatic rings. The molecule has 9 atom stereocenters. The number of carboxylic acid groups (broad SMARTS) is 1. The van der Waals surface area contributed by atoms with Gasteiger partial charge in [-0.15, -0.1) is 0 Å². The van der Waals surface area contributed by atoms with Crippen molar-refractivity contribution in [2.75, 3.05) is 13.7 Å². The predicted octanol–water partition coefficient (Wildman–Crippen LogP) is 5.70. The topological polar surface area (TPSA) is 72.8 Å². The van der Waals surface area contributed by atoms with Gasteiger partial charge in [0.2, 0.25) is 0 Å². The van der Waals surface area contributed by atoms with Crippen LogP contribution in [0.2, 0.25) is 0 Å². The standard InChI is InChI=1S/C27H44O5/c1-17(5-10-25(30)31-4)21-8-9-22-20-7-6-18-15-19(32-16-24(28)29)11-13-26(18,2)23(20)12-14-27(21,22)3/h17-23H,5-16H2,1-4H3,(H,28,29)/t17?,18?,19-,20?,21-,22?,23?,26+,27-/m1/s1. The minimum Gasteiger partial charge on any atom is -0.480 e. The molecule has 0 radical (unpaired) electrons. The molecule has 4 saturated carbocycles. The van der Waals surface area contributed by atoms with Crippen LogP contribution in [0.25, 0.3) is 0 Å². The van der Waals surface area contributed by atoms with Crippen LogP contribution < -0.4 is 0 Å². The van der Waals surface area contributed by atoms with Gasteiger partial charge in [0, 0.05) is 6.42 Å². The number of carbonyl (C=O) groups is 2. The van der Waals surface area contributed by atoms with E-state index in [0.717, 1.165) is 42.9 Å². The quantitative estimate of drug-likeness (QED) is 0.505. The van der Waals surface area contributed by atoms with E-state index in [9.17, 15) is 9.59 Å². The monoisotopic (exact) mass is 448 g/mol. The summed E-state index contributed by atoms with van der Waals surface area (Å²) in [5.74, 6) is 3.52. The molecule has 0 bridgehead atoms. The molecule has 4 rings (SSSR count). The Kier molecular flexibility index (Phi) is 6.96. The first-order valence-electron chi connectivity index (χ1n) is 13.1. The van der Waals surface area contributed by atoms with E-state index in [0.29, 0.717) is 29.1 Å². The van der Waals surface area contributed by atoms with Gasteiger partial charge >= 0.3 is 11.9 Å². The van der Waals surface area contributed by atoms with Crippen molar-refractivity contribution in [3.8, 4) is 0 Å². The fraction of sp³-hybridized carbons (Fsp3) is 0.926. The Labute approximate surface area is 194 Å². The number of hydrogen-bond acceptors (Lipinski definition) is 4. The van der Waals surface area contributed by atoms with E-state index in [-0.39, 0.29) is 18.7 Å². The molecule has 4 aliphatic carbocycles. The lowest BCUT2D eigenvalue weighted by molar-refractivity contribution is -0.154. The SMILES string of the molecule is COC(=O)CCC(C)[C@H]1CCC2C3CCC4C[C@H](OCC(=O)O)CC[C@]4(C)C3CC[C@@]21C. The van der Waals surface area contributed by atoms with E-state index in [2.05, 4.69) is 20.8 Å². The van der Waals surface area contributed by atoms with Crippen LogP contribution in [0.5, 0.6) is 0 Å². The molecule has 0 spiro atoms. The van der Waals surface area contributed by atoms with Gasteiger partial charge in [0.25, 0.3) is 0 Å². The van der Waals surface area contributed by atoms with E-state index in [1.165, 1.54) is 52.1 Å². The maximum Gasteiger partial charge on any atom is 0.329 e.